The van der Waals surface area contributed by atoms with Crippen LogP contribution in [0.3, 0.4) is 0 Å². The Bertz CT molecular complexity index is 688. The largest absolute Gasteiger partial charge is 0.379 e. The number of thiophene rings is 2. The van der Waals surface area contributed by atoms with Crippen LogP contribution < -0.4 is 10.6 Å². The smallest absolute Gasteiger partial charge is 0.191 e. The molecule has 1 aliphatic rings. The molecule has 3 heterocycles. The lowest BCUT2D eigenvalue weighted by Crippen LogP contribution is -2.46. The second-order valence-electron chi connectivity index (χ2n) is 7.17. The minimum Gasteiger partial charge on any atom is -0.379 e. The van der Waals surface area contributed by atoms with Crippen molar-refractivity contribution in [2.75, 3.05) is 45.9 Å². The average molecular weight is 549 g/mol. The molecule has 2 aromatic rings. The Kier molecular flexibility index (Phi) is 11.5. The second-order valence-corrected chi connectivity index (χ2v) is 9.18. The molecule has 0 aliphatic carbocycles. The van der Waals surface area contributed by atoms with Gasteiger partial charge in [0.05, 0.1) is 19.3 Å². The van der Waals surface area contributed by atoms with E-state index in [4.69, 9.17) is 9.73 Å². The van der Waals surface area contributed by atoms with Crippen LogP contribution in [0.1, 0.15) is 29.6 Å². The molecule has 0 aromatic carbocycles. The van der Waals surface area contributed by atoms with Crippen LogP contribution >= 0.6 is 46.7 Å². The Balaban J connectivity index is 0.00000300. The number of rotatable bonds is 9. The molecule has 1 saturated heterocycles. The van der Waals surface area contributed by atoms with E-state index in [9.17, 15) is 0 Å². The van der Waals surface area contributed by atoms with Gasteiger partial charge in [-0.2, -0.15) is 0 Å². The maximum atomic E-state index is 5.55. The maximum absolute atomic E-state index is 5.55. The van der Waals surface area contributed by atoms with Crippen molar-refractivity contribution < 1.29 is 4.74 Å². The zero-order chi connectivity index (χ0) is 19.6. The van der Waals surface area contributed by atoms with E-state index in [1.807, 2.05) is 22.7 Å². The molecule has 3 rings (SSSR count). The van der Waals surface area contributed by atoms with Gasteiger partial charge in [-0.25, -0.2) is 0 Å². The Labute approximate surface area is 200 Å². The zero-order valence-corrected chi connectivity index (χ0v) is 21.3. The van der Waals surface area contributed by atoms with Crippen LogP contribution in [0.4, 0.5) is 0 Å². The van der Waals surface area contributed by atoms with Crippen molar-refractivity contribution in [3.8, 4) is 0 Å². The summed E-state index contributed by atoms with van der Waals surface area (Å²) in [5.41, 5.74) is 0. The van der Waals surface area contributed by atoms with Gasteiger partial charge in [0.15, 0.2) is 5.96 Å². The van der Waals surface area contributed by atoms with Gasteiger partial charge in [-0.05, 0) is 42.2 Å². The van der Waals surface area contributed by atoms with E-state index >= 15 is 0 Å². The molecule has 0 bridgehead atoms. The molecule has 2 unspecified atom stereocenters. The summed E-state index contributed by atoms with van der Waals surface area (Å²) in [5.74, 6) is 1.44. The molecule has 1 fully saturated rings. The molecule has 0 saturated carbocycles. The third-order valence-electron chi connectivity index (χ3n) is 4.86. The molecule has 0 amide bonds. The van der Waals surface area contributed by atoms with E-state index in [0.29, 0.717) is 12.0 Å². The molecule has 8 heteroatoms. The lowest BCUT2D eigenvalue weighted by molar-refractivity contribution is 0.0177. The first-order valence-electron chi connectivity index (χ1n) is 10.2. The summed E-state index contributed by atoms with van der Waals surface area (Å²) in [6.45, 7) is 10.5. The SMILES string of the molecule is CCNC(=NCC(C)Cc1cccs1)NCC(c1cccs1)N1CCOCC1.I. The van der Waals surface area contributed by atoms with E-state index in [1.54, 1.807) is 0 Å². The van der Waals surface area contributed by atoms with E-state index in [0.717, 1.165) is 58.3 Å². The highest BCUT2D eigenvalue weighted by Gasteiger charge is 2.23. The standard InChI is InChI=1S/C21H32N4OS2.HI/c1-3-22-21(23-15-17(2)14-18-6-4-12-27-18)24-16-19(20-7-5-13-28-20)25-8-10-26-11-9-25;/h4-7,12-13,17,19H,3,8-11,14-16H2,1-2H3,(H2,22,23,24);1H. The van der Waals surface area contributed by atoms with Gasteiger partial charge in [-0.15, -0.1) is 46.7 Å². The minimum absolute atomic E-state index is 0. The molecule has 2 atom stereocenters. The summed E-state index contributed by atoms with van der Waals surface area (Å²) in [6.07, 6.45) is 1.09. The van der Waals surface area contributed by atoms with Crippen LogP contribution in [0.25, 0.3) is 0 Å². The predicted molar refractivity (Wildman–Crippen MR) is 136 cm³/mol. The highest BCUT2D eigenvalue weighted by atomic mass is 127. The summed E-state index contributed by atoms with van der Waals surface area (Å²) in [6, 6.07) is 9.06. The fraction of sp³-hybridized carbons (Fsp3) is 0.571. The number of guanidine groups is 1. The highest BCUT2D eigenvalue weighted by Crippen LogP contribution is 2.25. The van der Waals surface area contributed by atoms with Crippen molar-refractivity contribution in [1.82, 2.24) is 15.5 Å². The van der Waals surface area contributed by atoms with E-state index < -0.39 is 0 Å². The predicted octanol–water partition coefficient (Wildman–Crippen LogP) is 4.23. The minimum atomic E-state index is 0. The number of aliphatic imine (C=N–C) groups is 1. The number of hydrogen-bond donors (Lipinski definition) is 2. The average Bonchev–Trinajstić information content (AvgIpc) is 3.41. The second kappa shape index (κ2) is 13.6. The zero-order valence-electron chi connectivity index (χ0n) is 17.3. The first-order valence-corrected chi connectivity index (χ1v) is 11.9. The van der Waals surface area contributed by atoms with Crippen molar-refractivity contribution >= 4 is 52.6 Å². The van der Waals surface area contributed by atoms with Crippen molar-refractivity contribution in [2.24, 2.45) is 10.9 Å². The molecule has 162 valence electrons. The Hall–Kier alpha value is -0.680. The molecule has 2 N–H and O–H groups in total. The third-order valence-corrected chi connectivity index (χ3v) is 6.73. The van der Waals surface area contributed by atoms with Crippen LogP contribution in [0, 0.1) is 5.92 Å². The third kappa shape index (κ3) is 8.16. The molecule has 5 nitrogen and oxygen atoms in total. The van der Waals surface area contributed by atoms with Crippen molar-refractivity contribution in [3.63, 3.8) is 0 Å². The molecule has 0 radical (unpaired) electrons. The van der Waals surface area contributed by atoms with Crippen molar-refractivity contribution in [3.05, 3.63) is 44.8 Å². The van der Waals surface area contributed by atoms with Gasteiger partial charge in [-0.3, -0.25) is 9.89 Å². The molecule has 0 spiro atoms. The number of morpholine rings is 1. The van der Waals surface area contributed by atoms with Gasteiger partial charge in [0.1, 0.15) is 0 Å². The van der Waals surface area contributed by atoms with Gasteiger partial charge in [-0.1, -0.05) is 19.1 Å². The van der Waals surface area contributed by atoms with Crippen LogP contribution in [0.5, 0.6) is 0 Å². The number of halogens is 1. The van der Waals surface area contributed by atoms with Crippen LogP contribution in [0.2, 0.25) is 0 Å². The number of nitrogens with one attached hydrogen (secondary N) is 2. The summed E-state index contributed by atoms with van der Waals surface area (Å²) in [5, 5.41) is 11.3. The van der Waals surface area contributed by atoms with Gasteiger partial charge in [0.2, 0.25) is 0 Å². The lowest BCUT2D eigenvalue weighted by atomic mass is 10.1. The van der Waals surface area contributed by atoms with Crippen molar-refractivity contribution in [2.45, 2.75) is 26.3 Å². The summed E-state index contributed by atoms with van der Waals surface area (Å²) in [4.78, 5) is 10.2. The van der Waals surface area contributed by atoms with E-state index in [2.05, 4.69) is 64.4 Å². The quantitative estimate of drug-likeness (QED) is 0.280. The fourth-order valence-corrected chi connectivity index (χ4v) is 5.13. The number of ether oxygens (including phenoxy) is 1. The van der Waals surface area contributed by atoms with Crippen molar-refractivity contribution in [1.29, 1.82) is 0 Å². The van der Waals surface area contributed by atoms with E-state index in [-0.39, 0.29) is 24.0 Å². The monoisotopic (exact) mass is 548 g/mol. The van der Waals surface area contributed by atoms with E-state index in [1.165, 1.54) is 9.75 Å². The first kappa shape index (κ1) is 24.6. The van der Waals surface area contributed by atoms with Gasteiger partial charge < -0.3 is 15.4 Å². The summed E-state index contributed by atoms with van der Waals surface area (Å²) < 4.78 is 5.55. The number of hydrogen-bond acceptors (Lipinski definition) is 5. The Morgan fingerprint density at radius 3 is 2.59 bits per heavy atom. The number of nitrogens with zero attached hydrogens (tertiary/aromatic N) is 2. The maximum Gasteiger partial charge on any atom is 0.191 e. The summed E-state index contributed by atoms with van der Waals surface area (Å²) >= 11 is 3.66. The molecule has 2 aromatic heterocycles. The Morgan fingerprint density at radius 2 is 1.93 bits per heavy atom. The topological polar surface area (TPSA) is 48.9 Å². The van der Waals surface area contributed by atoms with Gasteiger partial charge in [0.25, 0.3) is 0 Å². The first-order chi connectivity index (χ1) is 13.8. The van der Waals surface area contributed by atoms with Crippen LogP contribution in [-0.4, -0.2) is 56.8 Å². The molecule has 1 aliphatic heterocycles. The normalized spacial score (nSPS) is 17.4. The summed E-state index contributed by atoms with van der Waals surface area (Å²) in [7, 11) is 0. The molecular weight excluding hydrogens is 515 g/mol. The van der Waals surface area contributed by atoms with Crippen LogP contribution in [0.15, 0.2) is 40.0 Å². The fourth-order valence-electron chi connectivity index (χ4n) is 3.40. The highest BCUT2D eigenvalue weighted by molar-refractivity contribution is 14.0. The van der Waals surface area contributed by atoms with Gasteiger partial charge in [0, 0.05) is 42.5 Å². The van der Waals surface area contributed by atoms with Gasteiger partial charge >= 0.3 is 0 Å². The molecule has 29 heavy (non-hydrogen) atoms. The molecular formula is C21H33IN4OS2. The Morgan fingerprint density at radius 1 is 1.17 bits per heavy atom. The van der Waals surface area contributed by atoms with Crippen LogP contribution in [-0.2, 0) is 11.2 Å². The lowest BCUT2D eigenvalue weighted by Gasteiger charge is -2.34.